The number of rotatable bonds is 6. The molecule has 150 valence electrons. The molecule has 0 saturated carbocycles. The first-order valence-corrected chi connectivity index (χ1v) is 10.5. The molecular weight excluding hydrogens is 404 g/mol. The Bertz CT molecular complexity index is 959. The number of morpholine rings is 1. The molecule has 0 bridgehead atoms. The van der Waals surface area contributed by atoms with Gasteiger partial charge in [0.05, 0.1) is 18.1 Å². The average Bonchev–Trinajstić information content (AvgIpc) is 2.70. The first-order valence-electron chi connectivity index (χ1n) is 8.73. The minimum atomic E-state index is -3.63. The van der Waals surface area contributed by atoms with E-state index in [1.54, 1.807) is 30.3 Å². The third-order valence-corrected chi connectivity index (χ3v) is 6.54. The third kappa shape index (κ3) is 5.02. The third-order valence-electron chi connectivity index (χ3n) is 4.22. The molecule has 1 aliphatic rings. The molecular formula is C19H21ClN2O5S. The van der Waals surface area contributed by atoms with Gasteiger partial charge in [-0.05, 0) is 48.9 Å². The summed E-state index contributed by atoms with van der Waals surface area (Å²) in [5.74, 6) is 0.134. The molecule has 1 amide bonds. The molecule has 0 aromatic heterocycles. The van der Waals surface area contributed by atoms with Crippen LogP contribution in [0.3, 0.4) is 0 Å². The van der Waals surface area contributed by atoms with Crippen LogP contribution < -0.4 is 10.1 Å². The molecule has 1 fully saturated rings. The summed E-state index contributed by atoms with van der Waals surface area (Å²) in [6.07, 6.45) is 0. The number of nitrogens with one attached hydrogen (secondary N) is 1. The van der Waals surface area contributed by atoms with Crippen LogP contribution in [0.2, 0.25) is 5.02 Å². The molecule has 1 saturated heterocycles. The smallest absolute Gasteiger partial charge is 0.262 e. The van der Waals surface area contributed by atoms with Crippen molar-refractivity contribution in [2.45, 2.75) is 11.8 Å². The minimum Gasteiger partial charge on any atom is -0.484 e. The molecule has 0 aliphatic carbocycles. The number of sulfonamides is 1. The predicted octanol–water partition coefficient (Wildman–Crippen LogP) is 2.69. The highest BCUT2D eigenvalue weighted by Crippen LogP contribution is 2.22. The van der Waals surface area contributed by atoms with Gasteiger partial charge in [0.15, 0.2) is 6.61 Å². The molecule has 1 N–H and O–H groups in total. The van der Waals surface area contributed by atoms with Gasteiger partial charge in [0.1, 0.15) is 5.75 Å². The fourth-order valence-corrected chi connectivity index (χ4v) is 4.30. The van der Waals surface area contributed by atoms with E-state index >= 15 is 0 Å². The Labute approximate surface area is 169 Å². The summed E-state index contributed by atoms with van der Waals surface area (Å²) in [4.78, 5) is 12.3. The molecule has 2 aromatic rings. The summed E-state index contributed by atoms with van der Waals surface area (Å²) in [7, 11) is -3.63. The highest BCUT2D eigenvalue weighted by atomic mass is 35.5. The predicted molar refractivity (Wildman–Crippen MR) is 106 cm³/mol. The topological polar surface area (TPSA) is 84.9 Å². The van der Waals surface area contributed by atoms with Crippen molar-refractivity contribution in [1.82, 2.24) is 4.31 Å². The molecule has 7 nitrogen and oxygen atoms in total. The van der Waals surface area contributed by atoms with Crippen LogP contribution in [0, 0.1) is 6.92 Å². The van der Waals surface area contributed by atoms with E-state index in [-0.39, 0.29) is 11.5 Å². The van der Waals surface area contributed by atoms with E-state index in [4.69, 9.17) is 21.1 Å². The lowest BCUT2D eigenvalue weighted by Crippen LogP contribution is -2.40. The molecule has 9 heteroatoms. The number of carbonyl (C=O) groups is 1. The zero-order valence-electron chi connectivity index (χ0n) is 15.4. The van der Waals surface area contributed by atoms with Gasteiger partial charge in [0, 0.05) is 23.8 Å². The monoisotopic (exact) mass is 424 g/mol. The quantitative estimate of drug-likeness (QED) is 0.770. The van der Waals surface area contributed by atoms with Gasteiger partial charge in [-0.3, -0.25) is 4.79 Å². The highest BCUT2D eigenvalue weighted by Gasteiger charge is 2.26. The Hall–Kier alpha value is -2.13. The SMILES string of the molecule is Cc1cc(OCC(=O)Nc2cccc(S(=O)(=O)N3CCOCC3)c2)ccc1Cl. The first-order chi connectivity index (χ1) is 13.4. The molecule has 0 radical (unpaired) electrons. The van der Waals surface area contributed by atoms with E-state index in [9.17, 15) is 13.2 Å². The van der Waals surface area contributed by atoms with Gasteiger partial charge in [0.2, 0.25) is 10.0 Å². The maximum atomic E-state index is 12.7. The van der Waals surface area contributed by atoms with Crippen molar-refractivity contribution in [2.24, 2.45) is 0 Å². The largest absolute Gasteiger partial charge is 0.484 e. The molecule has 0 unspecified atom stereocenters. The molecule has 2 aromatic carbocycles. The van der Waals surface area contributed by atoms with Gasteiger partial charge in [-0.1, -0.05) is 17.7 Å². The van der Waals surface area contributed by atoms with Crippen molar-refractivity contribution in [1.29, 1.82) is 0 Å². The fourth-order valence-electron chi connectivity index (χ4n) is 2.72. The molecule has 28 heavy (non-hydrogen) atoms. The second-order valence-corrected chi connectivity index (χ2v) is 8.64. The van der Waals surface area contributed by atoms with Crippen LogP contribution in [-0.4, -0.2) is 51.5 Å². The van der Waals surface area contributed by atoms with Crippen molar-refractivity contribution in [3.05, 3.63) is 53.1 Å². The average molecular weight is 425 g/mol. The van der Waals surface area contributed by atoms with Crippen molar-refractivity contribution in [3.8, 4) is 5.75 Å². The van der Waals surface area contributed by atoms with Gasteiger partial charge in [-0.15, -0.1) is 0 Å². The Kier molecular flexibility index (Phi) is 6.56. The van der Waals surface area contributed by atoms with Crippen molar-refractivity contribution < 1.29 is 22.7 Å². The summed E-state index contributed by atoms with van der Waals surface area (Å²) >= 11 is 5.96. The molecule has 1 heterocycles. The number of nitrogens with zero attached hydrogens (tertiary/aromatic N) is 1. The van der Waals surface area contributed by atoms with Crippen molar-refractivity contribution in [3.63, 3.8) is 0 Å². The van der Waals surface area contributed by atoms with Crippen LogP contribution in [0.1, 0.15) is 5.56 Å². The van der Waals surface area contributed by atoms with Gasteiger partial charge >= 0.3 is 0 Å². The standard InChI is InChI=1S/C19H21ClN2O5S/c1-14-11-16(5-6-18(14)20)27-13-19(23)21-15-3-2-4-17(12-15)28(24,25)22-7-9-26-10-8-22/h2-6,11-12H,7-10,13H2,1H3,(H,21,23). The number of ether oxygens (including phenoxy) is 2. The van der Waals surface area contributed by atoms with E-state index in [2.05, 4.69) is 5.32 Å². The van der Waals surface area contributed by atoms with Crippen LogP contribution >= 0.6 is 11.6 Å². The summed E-state index contributed by atoms with van der Waals surface area (Å²) in [6, 6.07) is 11.3. The van der Waals surface area contributed by atoms with Crippen LogP contribution in [0.25, 0.3) is 0 Å². The van der Waals surface area contributed by atoms with E-state index in [0.717, 1.165) is 5.56 Å². The number of amides is 1. The number of anilines is 1. The van der Waals surface area contributed by atoms with E-state index in [1.807, 2.05) is 6.92 Å². The van der Waals surface area contributed by atoms with Crippen LogP contribution in [0.4, 0.5) is 5.69 Å². The first kappa shape index (κ1) is 20.6. The number of hydrogen-bond acceptors (Lipinski definition) is 5. The number of halogens is 1. The zero-order valence-corrected chi connectivity index (χ0v) is 16.9. The Balaban J connectivity index is 1.63. The molecule has 0 spiro atoms. The summed E-state index contributed by atoms with van der Waals surface area (Å²) in [6.45, 7) is 3.01. The normalized spacial score (nSPS) is 15.2. The van der Waals surface area contributed by atoms with Gasteiger partial charge in [0.25, 0.3) is 5.91 Å². The van der Waals surface area contributed by atoms with Crippen LogP contribution in [-0.2, 0) is 19.6 Å². The lowest BCUT2D eigenvalue weighted by atomic mass is 10.2. The Morgan fingerprint density at radius 1 is 1.21 bits per heavy atom. The molecule has 1 aliphatic heterocycles. The lowest BCUT2D eigenvalue weighted by Gasteiger charge is -2.26. The second-order valence-electron chi connectivity index (χ2n) is 6.29. The van der Waals surface area contributed by atoms with Crippen molar-refractivity contribution >= 4 is 33.2 Å². The number of aryl methyl sites for hydroxylation is 1. The van der Waals surface area contributed by atoms with Crippen LogP contribution in [0.5, 0.6) is 5.75 Å². The molecule has 3 rings (SSSR count). The minimum absolute atomic E-state index is 0.126. The highest BCUT2D eigenvalue weighted by molar-refractivity contribution is 7.89. The van der Waals surface area contributed by atoms with E-state index < -0.39 is 15.9 Å². The number of carbonyl (C=O) groups excluding carboxylic acids is 1. The second kappa shape index (κ2) is 8.91. The summed E-state index contributed by atoms with van der Waals surface area (Å²) < 4.78 is 37.5. The maximum Gasteiger partial charge on any atom is 0.262 e. The summed E-state index contributed by atoms with van der Waals surface area (Å²) in [5.41, 5.74) is 1.23. The Morgan fingerprint density at radius 2 is 1.96 bits per heavy atom. The van der Waals surface area contributed by atoms with Gasteiger partial charge in [-0.2, -0.15) is 4.31 Å². The van der Waals surface area contributed by atoms with E-state index in [1.165, 1.54) is 16.4 Å². The van der Waals surface area contributed by atoms with Crippen molar-refractivity contribution in [2.75, 3.05) is 38.2 Å². The van der Waals surface area contributed by atoms with Gasteiger partial charge < -0.3 is 14.8 Å². The molecule has 0 atom stereocenters. The summed E-state index contributed by atoms with van der Waals surface area (Å²) in [5, 5.41) is 3.28. The van der Waals surface area contributed by atoms with E-state index in [0.29, 0.717) is 42.8 Å². The number of benzene rings is 2. The van der Waals surface area contributed by atoms with Gasteiger partial charge in [-0.25, -0.2) is 8.42 Å². The van der Waals surface area contributed by atoms with Crippen LogP contribution in [0.15, 0.2) is 47.4 Å². The lowest BCUT2D eigenvalue weighted by molar-refractivity contribution is -0.118. The fraction of sp³-hybridized carbons (Fsp3) is 0.316. The Morgan fingerprint density at radius 3 is 2.68 bits per heavy atom. The maximum absolute atomic E-state index is 12.7. The zero-order chi connectivity index (χ0) is 20.1. The number of hydrogen-bond donors (Lipinski definition) is 1.